The minimum absolute atomic E-state index is 0.248. The number of rotatable bonds is 3. The Bertz CT molecular complexity index is 317. The molecule has 0 radical (unpaired) electrons. The molecular formula is C10H14BrNOS. The highest BCUT2D eigenvalue weighted by Gasteiger charge is 2.13. The molecule has 3 N–H and O–H groups in total. The van der Waals surface area contributed by atoms with Crippen LogP contribution in [-0.2, 0) is 0 Å². The van der Waals surface area contributed by atoms with Crippen molar-refractivity contribution >= 4 is 27.7 Å². The second-order valence-corrected chi connectivity index (χ2v) is 4.90. The van der Waals surface area contributed by atoms with Gasteiger partial charge in [0, 0.05) is 15.4 Å². The highest BCUT2D eigenvalue weighted by atomic mass is 79.9. The molecule has 0 aliphatic rings. The molecule has 0 aliphatic carbocycles. The predicted molar refractivity (Wildman–Crippen MR) is 64.5 cm³/mol. The molecule has 0 saturated heterocycles. The van der Waals surface area contributed by atoms with Gasteiger partial charge in [-0.15, -0.1) is 11.8 Å². The molecule has 0 heterocycles. The van der Waals surface area contributed by atoms with Gasteiger partial charge in [-0.3, -0.25) is 0 Å². The maximum Gasteiger partial charge on any atom is 0.0938 e. The fraction of sp³-hybridized carbons (Fsp3) is 0.400. The van der Waals surface area contributed by atoms with E-state index >= 15 is 0 Å². The van der Waals surface area contributed by atoms with Crippen LogP contribution in [0.25, 0.3) is 0 Å². The number of aliphatic hydroxyl groups excluding tert-OH is 1. The fourth-order valence-corrected chi connectivity index (χ4v) is 2.51. The lowest BCUT2D eigenvalue weighted by atomic mass is 10.0. The predicted octanol–water partition coefficient (Wildman–Crippen LogP) is 2.55. The Balaban J connectivity index is 2.96. The first-order chi connectivity index (χ1) is 6.56. The van der Waals surface area contributed by atoms with Gasteiger partial charge in [0.2, 0.25) is 0 Å². The van der Waals surface area contributed by atoms with Gasteiger partial charge in [-0.25, -0.2) is 0 Å². The van der Waals surface area contributed by atoms with E-state index in [0.717, 1.165) is 14.9 Å². The Morgan fingerprint density at radius 3 is 2.57 bits per heavy atom. The largest absolute Gasteiger partial charge is 0.387 e. The standard InChI is InChI=1S/C10H14BrNOS/c1-6(12)10(13)7-3-4-9(14-2)8(11)5-7/h3-6,10,13H,12H2,1-2H3. The average Bonchev–Trinajstić information content (AvgIpc) is 2.16. The van der Waals surface area contributed by atoms with Crippen LogP contribution in [0.3, 0.4) is 0 Å². The highest BCUT2D eigenvalue weighted by Crippen LogP contribution is 2.29. The quantitative estimate of drug-likeness (QED) is 0.834. The Kier molecular flexibility index (Phi) is 4.44. The van der Waals surface area contributed by atoms with Crippen molar-refractivity contribution in [2.24, 2.45) is 5.73 Å². The van der Waals surface area contributed by atoms with E-state index in [2.05, 4.69) is 15.9 Å². The number of hydrogen-bond acceptors (Lipinski definition) is 3. The van der Waals surface area contributed by atoms with Crippen molar-refractivity contribution in [2.45, 2.75) is 24.0 Å². The third kappa shape index (κ3) is 2.73. The number of benzene rings is 1. The lowest BCUT2D eigenvalue weighted by Crippen LogP contribution is -2.24. The van der Waals surface area contributed by atoms with Crippen LogP contribution in [0.15, 0.2) is 27.6 Å². The van der Waals surface area contributed by atoms with E-state index in [4.69, 9.17) is 5.73 Å². The van der Waals surface area contributed by atoms with Gasteiger partial charge in [0.25, 0.3) is 0 Å². The maximum atomic E-state index is 9.73. The zero-order valence-electron chi connectivity index (χ0n) is 8.20. The van der Waals surface area contributed by atoms with Gasteiger partial charge in [0.15, 0.2) is 0 Å². The number of nitrogens with two attached hydrogens (primary N) is 1. The van der Waals surface area contributed by atoms with Crippen molar-refractivity contribution in [3.63, 3.8) is 0 Å². The van der Waals surface area contributed by atoms with E-state index < -0.39 is 6.10 Å². The topological polar surface area (TPSA) is 46.2 Å². The monoisotopic (exact) mass is 275 g/mol. The summed E-state index contributed by atoms with van der Waals surface area (Å²) in [6.07, 6.45) is 1.42. The summed E-state index contributed by atoms with van der Waals surface area (Å²) in [5.41, 5.74) is 6.47. The number of halogens is 1. The lowest BCUT2D eigenvalue weighted by molar-refractivity contribution is 0.153. The molecule has 0 fully saturated rings. The van der Waals surface area contributed by atoms with Gasteiger partial charge in [0.1, 0.15) is 0 Å². The Labute approximate surface area is 97.0 Å². The number of hydrogen-bond donors (Lipinski definition) is 2. The molecule has 1 aromatic carbocycles. The molecule has 1 rings (SSSR count). The van der Waals surface area contributed by atoms with E-state index in [1.165, 1.54) is 0 Å². The summed E-state index contributed by atoms with van der Waals surface area (Å²) in [5.74, 6) is 0. The molecule has 0 spiro atoms. The van der Waals surface area contributed by atoms with E-state index in [1.54, 1.807) is 18.7 Å². The molecule has 0 aromatic heterocycles. The van der Waals surface area contributed by atoms with E-state index in [1.807, 2.05) is 24.5 Å². The second kappa shape index (κ2) is 5.16. The van der Waals surface area contributed by atoms with Crippen molar-refractivity contribution in [1.29, 1.82) is 0 Å². The molecule has 2 nitrogen and oxygen atoms in total. The highest BCUT2D eigenvalue weighted by molar-refractivity contribution is 9.10. The zero-order chi connectivity index (χ0) is 10.7. The molecule has 0 aliphatic heterocycles. The van der Waals surface area contributed by atoms with Crippen LogP contribution in [0.1, 0.15) is 18.6 Å². The van der Waals surface area contributed by atoms with Crippen molar-refractivity contribution in [1.82, 2.24) is 0 Å². The number of thioether (sulfide) groups is 1. The van der Waals surface area contributed by atoms with Crippen molar-refractivity contribution in [3.8, 4) is 0 Å². The smallest absolute Gasteiger partial charge is 0.0938 e. The van der Waals surface area contributed by atoms with Crippen molar-refractivity contribution in [3.05, 3.63) is 28.2 Å². The SMILES string of the molecule is CSc1ccc(C(O)C(C)N)cc1Br. The molecule has 14 heavy (non-hydrogen) atoms. The first-order valence-electron chi connectivity index (χ1n) is 4.33. The van der Waals surface area contributed by atoms with Crippen LogP contribution in [0.4, 0.5) is 0 Å². The molecule has 2 atom stereocenters. The minimum atomic E-state index is -0.595. The summed E-state index contributed by atoms with van der Waals surface area (Å²) < 4.78 is 1.00. The van der Waals surface area contributed by atoms with Crippen molar-refractivity contribution in [2.75, 3.05) is 6.26 Å². The van der Waals surface area contributed by atoms with Crippen LogP contribution in [0.5, 0.6) is 0 Å². The fourth-order valence-electron chi connectivity index (χ4n) is 1.17. The third-order valence-corrected chi connectivity index (χ3v) is 3.73. The Morgan fingerprint density at radius 2 is 2.14 bits per heavy atom. The van der Waals surface area contributed by atoms with Gasteiger partial charge in [-0.2, -0.15) is 0 Å². The van der Waals surface area contributed by atoms with Gasteiger partial charge < -0.3 is 10.8 Å². The maximum absolute atomic E-state index is 9.73. The van der Waals surface area contributed by atoms with Gasteiger partial charge in [-0.1, -0.05) is 6.07 Å². The summed E-state index contributed by atoms with van der Waals surface area (Å²) in [5, 5.41) is 9.73. The van der Waals surface area contributed by atoms with Gasteiger partial charge in [-0.05, 0) is 46.8 Å². The second-order valence-electron chi connectivity index (χ2n) is 3.20. The van der Waals surface area contributed by atoms with Crippen LogP contribution in [0.2, 0.25) is 0 Å². The van der Waals surface area contributed by atoms with Crippen LogP contribution >= 0.6 is 27.7 Å². The van der Waals surface area contributed by atoms with E-state index in [0.29, 0.717) is 0 Å². The van der Waals surface area contributed by atoms with Crippen LogP contribution in [-0.4, -0.2) is 17.4 Å². The third-order valence-electron chi connectivity index (χ3n) is 2.02. The molecule has 0 bridgehead atoms. The average molecular weight is 276 g/mol. The first-order valence-corrected chi connectivity index (χ1v) is 6.35. The molecule has 4 heteroatoms. The lowest BCUT2D eigenvalue weighted by Gasteiger charge is -2.15. The Morgan fingerprint density at radius 1 is 1.50 bits per heavy atom. The van der Waals surface area contributed by atoms with Crippen molar-refractivity contribution < 1.29 is 5.11 Å². The van der Waals surface area contributed by atoms with Gasteiger partial charge in [0.05, 0.1) is 6.10 Å². The molecule has 0 saturated carbocycles. The normalized spacial score (nSPS) is 15.2. The molecular weight excluding hydrogens is 262 g/mol. The summed E-state index contributed by atoms with van der Waals surface area (Å²) in [6, 6.07) is 5.56. The Hall–Kier alpha value is -0.0300. The molecule has 78 valence electrons. The molecule has 2 unspecified atom stereocenters. The van der Waals surface area contributed by atoms with Crippen LogP contribution < -0.4 is 5.73 Å². The first kappa shape index (κ1) is 12.0. The molecule has 0 amide bonds. The van der Waals surface area contributed by atoms with E-state index in [9.17, 15) is 5.11 Å². The van der Waals surface area contributed by atoms with E-state index in [-0.39, 0.29) is 6.04 Å². The summed E-state index contributed by atoms with van der Waals surface area (Å²) in [7, 11) is 0. The number of aliphatic hydroxyl groups is 1. The zero-order valence-corrected chi connectivity index (χ0v) is 10.6. The minimum Gasteiger partial charge on any atom is -0.387 e. The molecule has 1 aromatic rings. The van der Waals surface area contributed by atoms with Crippen LogP contribution in [0, 0.1) is 0 Å². The summed E-state index contributed by atoms with van der Waals surface area (Å²) >= 11 is 5.12. The summed E-state index contributed by atoms with van der Waals surface area (Å²) in [4.78, 5) is 1.16. The summed E-state index contributed by atoms with van der Waals surface area (Å²) in [6.45, 7) is 1.79. The van der Waals surface area contributed by atoms with Gasteiger partial charge >= 0.3 is 0 Å².